The van der Waals surface area contributed by atoms with Gasteiger partial charge in [0.2, 0.25) is 5.91 Å². The van der Waals surface area contributed by atoms with E-state index in [0.717, 1.165) is 38.5 Å². The maximum absolute atomic E-state index is 12.5. The highest BCUT2D eigenvalue weighted by atomic mass is 16.5. The van der Waals surface area contributed by atoms with Crippen molar-refractivity contribution in [1.82, 2.24) is 5.32 Å². The fraction of sp³-hybridized carbons (Fsp3) is 0.917. The van der Waals surface area contributed by atoms with Crippen LogP contribution >= 0.6 is 0 Å². The first kappa shape index (κ1) is 76.3. The fourth-order valence-electron chi connectivity index (χ4n) is 11.3. The van der Waals surface area contributed by atoms with E-state index in [1.165, 1.54) is 334 Å². The van der Waals surface area contributed by atoms with Crippen LogP contribution in [0.1, 0.15) is 399 Å². The van der Waals surface area contributed by atoms with Crippen LogP contribution in [-0.2, 0) is 14.3 Å². The third kappa shape index (κ3) is 63.5. The number of carbonyl (C=O) groups excluding carboxylic acids is 2. The monoisotopic (exact) mass is 1100 g/mol. The molecule has 0 bridgehead atoms. The summed E-state index contributed by atoms with van der Waals surface area (Å²) in [6.07, 6.45) is 85.5. The van der Waals surface area contributed by atoms with Crippen molar-refractivity contribution in [2.75, 3.05) is 13.2 Å². The molecular formula is C72H139NO5. The Bertz CT molecular complexity index is 1220. The summed E-state index contributed by atoms with van der Waals surface area (Å²) in [7, 11) is 0. The summed E-state index contributed by atoms with van der Waals surface area (Å²) in [5, 5.41) is 23.2. The van der Waals surface area contributed by atoms with Crippen molar-refractivity contribution in [2.45, 2.75) is 411 Å². The summed E-state index contributed by atoms with van der Waals surface area (Å²) >= 11 is 0. The maximum Gasteiger partial charge on any atom is 0.305 e. The van der Waals surface area contributed by atoms with Gasteiger partial charge >= 0.3 is 5.97 Å². The minimum absolute atomic E-state index is 0.0209. The predicted octanol–water partition coefficient (Wildman–Crippen LogP) is 22.9. The third-order valence-corrected chi connectivity index (χ3v) is 16.7. The summed E-state index contributed by atoms with van der Waals surface area (Å²) in [5.74, 6) is -0.0424. The maximum atomic E-state index is 12.5. The second-order valence-corrected chi connectivity index (χ2v) is 24.6. The zero-order chi connectivity index (χ0) is 56.4. The van der Waals surface area contributed by atoms with Crippen LogP contribution in [0.15, 0.2) is 24.3 Å². The van der Waals surface area contributed by atoms with E-state index >= 15 is 0 Å². The van der Waals surface area contributed by atoms with Gasteiger partial charge in [0.05, 0.1) is 25.4 Å². The number of hydrogen-bond acceptors (Lipinski definition) is 5. The van der Waals surface area contributed by atoms with Gasteiger partial charge in [-0.2, -0.15) is 0 Å². The zero-order valence-corrected chi connectivity index (χ0v) is 52.9. The highest BCUT2D eigenvalue weighted by Gasteiger charge is 2.18. The van der Waals surface area contributed by atoms with E-state index in [9.17, 15) is 19.8 Å². The van der Waals surface area contributed by atoms with Crippen molar-refractivity contribution in [3.63, 3.8) is 0 Å². The molecule has 2 unspecified atom stereocenters. The van der Waals surface area contributed by atoms with Crippen LogP contribution in [0.2, 0.25) is 0 Å². The molecule has 0 aliphatic rings. The van der Waals surface area contributed by atoms with Gasteiger partial charge in [0.25, 0.3) is 0 Å². The second kappa shape index (κ2) is 67.8. The highest BCUT2D eigenvalue weighted by Crippen LogP contribution is 2.19. The molecular weight excluding hydrogens is 959 g/mol. The third-order valence-electron chi connectivity index (χ3n) is 16.7. The van der Waals surface area contributed by atoms with Gasteiger partial charge in [-0.3, -0.25) is 9.59 Å². The molecule has 0 aromatic heterocycles. The van der Waals surface area contributed by atoms with Crippen molar-refractivity contribution >= 4 is 11.9 Å². The van der Waals surface area contributed by atoms with Crippen LogP contribution in [0.25, 0.3) is 0 Å². The smallest absolute Gasteiger partial charge is 0.305 e. The van der Waals surface area contributed by atoms with Gasteiger partial charge in [0.1, 0.15) is 0 Å². The molecule has 0 radical (unpaired) electrons. The average molecular weight is 1100 g/mol. The van der Waals surface area contributed by atoms with Gasteiger partial charge in [-0.25, -0.2) is 0 Å². The van der Waals surface area contributed by atoms with E-state index in [1.807, 2.05) is 6.08 Å². The molecule has 0 heterocycles. The topological polar surface area (TPSA) is 95.9 Å². The van der Waals surface area contributed by atoms with E-state index in [1.54, 1.807) is 6.08 Å². The Balaban J connectivity index is 3.36. The lowest BCUT2D eigenvalue weighted by atomic mass is 10.0. The molecule has 0 aromatic rings. The lowest BCUT2D eigenvalue weighted by Gasteiger charge is -2.20. The molecule has 462 valence electrons. The Morgan fingerprint density at radius 1 is 0.346 bits per heavy atom. The molecule has 6 nitrogen and oxygen atoms in total. The molecule has 0 aliphatic heterocycles. The Morgan fingerprint density at radius 2 is 0.603 bits per heavy atom. The van der Waals surface area contributed by atoms with E-state index in [-0.39, 0.29) is 18.5 Å². The molecule has 0 aromatic carbocycles. The van der Waals surface area contributed by atoms with E-state index < -0.39 is 12.1 Å². The van der Waals surface area contributed by atoms with Crippen LogP contribution in [0, 0.1) is 0 Å². The van der Waals surface area contributed by atoms with Crippen LogP contribution in [0.4, 0.5) is 0 Å². The largest absolute Gasteiger partial charge is 0.466 e. The number of allylic oxidation sites excluding steroid dienone is 3. The van der Waals surface area contributed by atoms with Gasteiger partial charge in [-0.15, -0.1) is 0 Å². The van der Waals surface area contributed by atoms with Gasteiger partial charge in [-0.05, 0) is 57.8 Å². The minimum atomic E-state index is -0.842. The summed E-state index contributed by atoms with van der Waals surface area (Å²) in [6, 6.07) is -0.626. The molecule has 6 heteroatoms. The molecule has 0 saturated heterocycles. The lowest BCUT2D eigenvalue weighted by molar-refractivity contribution is -0.143. The zero-order valence-electron chi connectivity index (χ0n) is 52.9. The number of aliphatic hydroxyl groups excluding tert-OH is 2. The Kier molecular flexibility index (Phi) is 66.4. The van der Waals surface area contributed by atoms with Gasteiger partial charge in [0, 0.05) is 12.8 Å². The SMILES string of the molecule is CCCCCCCCCCCCCCC/C=C/C(O)C(CO)NC(=O)CCCCCCCCCCCCCCCCC/C=C\CCCCCCCCCCCCCCOC(=O)CCCCCCCCCCCCCCCCC. The Hall–Kier alpha value is -1.66. The molecule has 78 heavy (non-hydrogen) atoms. The van der Waals surface area contributed by atoms with Crippen molar-refractivity contribution in [2.24, 2.45) is 0 Å². The summed E-state index contributed by atoms with van der Waals surface area (Å²) < 4.78 is 5.50. The van der Waals surface area contributed by atoms with Crippen LogP contribution in [-0.4, -0.2) is 47.4 Å². The van der Waals surface area contributed by atoms with Crippen LogP contribution in [0.5, 0.6) is 0 Å². The standard InChI is InChI=1S/C72H139NO5/c1-3-5-7-9-11-13-15-17-36-40-44-48-52-56-60-64-70(75)69(68-74)73-71(76)65-61-57-53-49-45-41-38-34-32-30-28-26-24-22-20-19-21-23-25-27-29-31-33-35-39-43-47-51-55-59-63-67-78-72(77)66-62-58-54-50-46-42-37-18-16-14-12-10-8-6-4-2/h21,23,60,64,69-70,74-75H,3-20,22,24-59,61-63,65-68H2,1-2H3,(H,73,76)/b23-21-,64-60+. The number of carbonyl (C=O) groups is 2. The first-order chi connectivity index (χ1) is 38.5. The summed E-state index contributed by atoms with van der Waals surface area (Å²) in [4.78, 5) is 24.6. The van der Waals surface area contributed by atoms with Gasteiger partial charge in [0.15, 0.2) is 0 Å². The Labute approximate surface area is 488 Å². The van der Waals surface area contributed by atoms with Crippen molar-refractivity contribution in [3.8, 4) is 0 Å². The molecule has 0 fully saturated rings. The number of aliphatic hydroxyl groups is 2. The number of rotatable bonds is 67. The van der Waals surface area contributed by atoms with E-state index in [4.69, 9.17) is 4.74 Å². The fourth-order valence-corrected chi connectivity index (χ4v) is 11.3. The normalized spacial score (nSPS) is 12.6. The molecule has 0 saturated carbocycles. The second-order valence-electron chi connectivity index (χ2n) is 24.6. The summed E-state index contributed by atoms with van der Waals surface area (Å²) in [5.41, 5.74) is 0. The molecule has 0 aliphatic carbocycles. The number of nitrogens with one attached hydrogen (secondary N) is 1. The molecule has 1 amide bonds. The summed E-state index contributed by atoms with van der Waals surface area (Å²) in [6.45, 7) is 4.94. The average Bonchev–Trinajstić information content (AvgIpc) is 3.44. The number of hydrogen-bond donors (Lipinski definition) is 3. The lowest BCUT2D eigenvalue weighted by Crippen LogP contribution is -2.45. The molecule has 0 spiro atoms. The number of esters is 1. The number of amides is 1. The van der Waals surface area contributed by atoms with Crippen LogP contribution < -0.4 is 5.32 Å². The van der Waals surface area contributed by atoms with Crippen molar-refractivity contribution < 1.29 is 24.5 Å². The number of unbranched alkanes of at least 4 members (excludes halogenated alkanes) is 54. The first-order valence-corrected chi connectivity index (χ1v) is 35.6. The molecule has 2 atom stereocenters. The predicted molar refractivity (Wildman–Crippen MR) is 343 cm³/mol. The van der Waals surface area contributed by atoms with Gasteiger partial charge < -0.3 is 20.3 Å². The van der Waals surface area contributed by atoms with Gasteiger partial charge in [-0.1, -0.05) is 353 Å². The number of ether oxygens (including phenoxy) is 1. The highest BCUT2D eigenvalue weighted by molar-refractivity contribution is 5.76. The first-order valence-electron chi connectivity index (χ1n) is 35.6. The minimum Gasteiger partial charge on any atom is -0.466 e. The van der Waals surface area contributed by atoms with E-state index in [2.05, 4.69) is 31.3 Å². The van der Waals surface area contributed by atoms with E-state index in [0.29, 0.717) is 19.4 Å². The van der Waals surface area contributed by atoms with Crippen LogP contribution in [0.3, 0.4) is 0 Å². The van der Waals surface area contributed by atoms with Crippen molar-refractivity contribution in [3.05, 3.63) is 24.3 Å². The molecule has 0 rings (SSSR count). The van der Waals surface area contributed by atoms with Crippen molar-refractivity contribution in [1.29, 1.82) is 0 Å². The molecule has 3 N–H and O–H groups in total. The quantitative estimate of drug-likeness (QED) is 0.0320. The Morgan fingerprint density at radius 3 is 0.910 bits per heavy atom.